The summed E-state index contributed by atoms with van der Waals surface area (Å²) in [5, 5.41) is 4.50. The molecule has 2 rings (SSSR count). The number of benzene rings is 2. The molecular weight excluding hydrogens is 282 g/mol. The van der Waals surface area contributed by atoms with Crippen molar-refractivity contribution in [1.82, 2.24) is 5.32 Å². The van der Waals surface area contributed by atoms with Crippen molar-refractivity contribution in [3.05, 3.63) is 65.7 Å². The van der Waals surface area contributed by atoms with Crippen molar-refractivity contribution in [3.63, 3.8) is 0 Å². The fraction of sp³-hybridized carbons (Fsp3) is 0. The highest BCUT2D eigenvalue weighted by Crippen LogP contribution is 2.17. The minimum Gasteiger partial charge on any atom is -0.328 e. The Bertz CT molecular complexity index is 627. The number of amides is 1. The SMILES string of the molecule is O=C(NC(=S)Nc1c(F)cccc1F)c1ccccc1. The lowest BCUT2D eigenvalue weighted by atomic mass is 10.2. The van der Waals surface area contributed by atoms with E-state index in [4.69, 9.17) is 12.2 Å². The van der Waals surface area contributed by atoms with Gasteiger partial charge in [0.05, 0.1) is 0 Å². The highest BCUT2D eigenvalue weighted by Gasteiger charge is 2.12. The maximum atomic E-state index is 13.4. The Morgan fingerprint density at radius 3 is 2.15 bits per heavy atom. The van der Waals surface area contributed by atoms with Crippen LogP contribution in [0.25, 0.3) is 0 Å². The van der Waals surface area contributed by atoms with Crippen molar-refractivity contribution < 1.29 is 13.6 Å². The van der Waals surface area contributed by atoms with E-state index >= 15 is 0 Å². The number of carbonyl (C=O) groups excluding carboxylic acids is 1. The number of rotatable bonds is 2. The molecule has 20 heavy (non-hydrogen) atoms. The van der Waals surface area contributed by atoms with E-state index in [1.165, 1.54) is 6.07 Å². The average molecular weight is 292 g/mol. The number of thiocarbonyl (C=S) groups is 1. The van der Waals surface area contributed by atoms with Gasteiger partial charge in [0.2, 0.25) is 0 Å². The molecule has 6 heteroatoms. The van der Waals surface area contributed by atoms with Crippen molar-refractivity contribution in [2.45, 2.75) is 0 Å². The van der Waals surface area contributed by atoms with Crippen LogP contribution in [-0.2, 0) is 0 Å². The number of hydrogen-bond donors (Lipinski definition) is 2. The van der Waals surface area contributed by atoms with Crippen molar-refractivity contribution in [3.8, 4) is 0 Å². The van der Waals surface area contributed by atoms with Crippen LogP contribution in [-0.4, -0.2) is 11.0 Å². The normalized spacial score (nSPS) is 9.90. The standard InChI is InChI=1S/C14H10F2N2OS/c15-10-7-4-8-11(16)12(10)17-14(20)18-13(19)9-5-2-1-3-6-9/h1-8H,(H2,17,18,19,20). The summed E-state index contributed by atoms with van der Waals surface area (Å²) in [4.78, 5) is 11.8. The summed E-state index contributed by atoms with van der Waals surface area (Å²) in [6.07, 6.45) is 0. The molecule has 1 amide bonds. The van der Waals surface area contributed by atoms with E-state index in [1.54, 1.807) is 30.3 Å². The molecule has 0 aromatic heterocycles. The molecule has 0 saturated carbocycles. The van der Waals surface area contributed by atoms with Gasteiger partial charge in [0.15, 0.2) is 5.11 Å². The average Bonchev–Trinajstić information content (AvgIpc) is 2.44. The van der Waals surface area contributed by atoms with E-state index < -0.39 is 23.2 Å². The molecule has 0 fully saturated rings. The summed E-state index contributed by atoms with van der Waals surface area (Å²) in [6.45, 7) is 0. The number of halogens is 2. The van der Waals surface area contributed by atoms with Crippen molar-refractivity contribution in [2.24, 2.45) is 0 Å². The Kier molecular flexibility index (Phi) is 4.37. The number of hydrogen-bond acceptors (Lipinski definition) is 2. The molecule has 0 heterocycles. The number of anilines is 1. The quantitative estimate of drug-likeness (QED) is 0.836. The van der Waals surface area contributed by atoms with Gasteiger partial charge < -0.3 is 5.32 Å². The van der Waals surface area contributed by atoms with Crippen LogP contribution in [0.2, 0.25) is 0 Å². The zero-order valence-corrected chi connectivity index (χ0v) is 11.0. The molecule has 2 N–H and O–H groups in total. The number of para-hydroxylation sites is 1. The molecule has 0 spiro atoms. The maximum absolute atomic E-state index is 13.4. The summed E-state index contributed by atoms with van der Waals surface area (Å²) in [6, 6.07) is 11.8. The first-order chi connectivity index (χ1) is 9.58. The number of carbonyl (C=O) groups is 1. The molecule has 0 radical (unpaired) electrons. The minimum absolute atomic E-state index is 0.178. The Balaban J connectivity index is 2.05. The molecule has 0 atom stereocenters. The molecule has 2 aromatic carbocycles. The predicted octanol–water partition coefficient (Wildman–Crippen LogP) is 3.09. The molecule has 102 valence electrons. The first-order valence-electron chi connectivity index (χ1n) is 5.69. The van der Waals surface area contributed by atoms with E-state index in [2.05, 4.69) is 10.6 Å². The lowest BCUT2D eigenvalue weighted by Crippen LogP contribution is -2.34. The van der Waals surface area contributed by atoms with Gasteiger partial charge in [0.1, 0.15) is 17.3 Å². The second kappa shape index (κ2) is 6.21. The van der Waals surface area contributed by atoms with E-state index in [0.29, 0.717) is 5.56 Å². The summed E-state index contributed by atoms with van der Waals surface area (Å²) in [7, 11) is 0. The Morgan fingerprint density at radius 2 is 1.55 bits per heavy atom. The molecule has 3 nitrogen and oxygen atoms in total. The van der Waals surface area contributed by atoms with Crippen LogP contribution in [0.15, 0.2) is 48.5 Å². The van der Waals surface area contributed by atoms with Crippen LogP contribution in [0.4, 0.5) is 14.5 Å². The van der Waals surface area contributed by atoms with Crippen molar-refractivity contribution in [1.29, 1.82) is 0 Å². The van der Waals surface area contributed by atoms with Crippen LogP contribution >= 0.6 is 12.2 Å². The van der Waals surface area contributed by atoms with Crippen LogP contribution < -0.4 is 10.6 Å². The lowest BCUT2D eigenvalue weighted by Gasteiger charge is -2.10. The molecule has 0 aliphatic rings. The fourth-order valence-electron chi connectivity index (χ4n) is 1.53. The highest BCUT2D eigenvalue weighted by atomic mass is 32.1. The van der Waals surface area contributed by atoms with Gasteiger partial charge >= 0.3 is 0 Å². The molecular formula is C14H10F2N2OS. The van der Waals surface area contributed by atoms with Gasteiger partial charge in [-0.2, -0.15) is 0 Å². The second-order valence-electron chi connectivity index (χ2n) is 3.87. The van der Waals surface area contributed by atoms with Crippen molar-refractivity contribution >= 4 is 28.9 Å². The first kappa shape index (κ1) is 14.1. The van der Waals surface area contributed by atoms with Crippen LogP contribution in [0, 0.1) is 11.6 Å². The highest BCUT2D eigenvalue weighted by molar-refractivity contribution is 7.80. The summed E-state index contributed by atoms with van der Waals surface area (Å²) >= 11 is 4.86. The second-order valence-corrected chi connectivity index (χ2v) is 4.28. The van der Waals surface area contributed by atoms with E-state index in [0.717, 1.165) is 12.1 Å². The largest absolute Gasteiger partial charge is 0.328 e. The molecule has 0 unspecified atom stereocenters. The predicted molar refractivity (Wildman–Crippen MR) is 76.5 cm³/mol. The summed E-state index contributed by atoms with van der Waals surface area (Å²) < 4.78 is 26.8. The lowest BCUT2D eigenvalue weighted by molar-refractivity contribution is 0.0977. The van der Waals surface area contributed by atoms with E-state index in [-0.39, 0.29) is 5.11 Å². The topological polar surface area (TPSA) is 41.1 Å². The third kappa shape index (κ3) is 3.36. The Labute approximate surface area is 119 Å². The summed E-state index contributed by atoms with van der Waals surface area (Å²) in [5.74, 6) is -2.04. The van der Waals surface area contributed by atoms with Gasteiger partial charge in [-0.25, -0.2) is 8.78 Å². The fourth-order valence-corrected chi connectivity index (χ4v) is 1.72. The number of nitrogens with one attached hydrogen (secondary N) is 2. The first-order valence-corrected chi connectivity index (χ1v) is 6.10. The molecule has 2 aromatic rings. The van der Waals surface area contributed by atoms with Gasteiger partial charge in [-0.15, -0.1) is 0 Å². The smallest absolute Gasteiger partial charge is 0.257 e. The monoisotopic (exact) mass is 292 g/mol. The van der Waals surface area contributed by atoms with Gasteiger partial charge in [-0.05, 0) is 36.5 Å². The summed E-state index contributed by atoms with van der Waals surface area (Å²) in [5.41, 5.74) is -0.00322. The van der Waals surface area contributed by atoms with Crippen LogP contribution in [0.5, 0.6) is 0 Å². The Morgan fingerprint density at radius 1 is 0.950 bits per heavy atom. The third-order valence-electron chi connectivity index (χ3n) is 2.46. The molecule has 0 bridgehead atoms. The van der Waals surface area contributed by atoms with Gasteiger partial charge in [0, 0.05) is 5.56 Å². The van der Waals surface area contributed by atoms with E-state index in [1.807, 2.05) is 0 Å². The van der Waals surface area contributed by atoms with Crippen molar-refractivity contribution in [2.75, 3.05) is 5.32 Å². The van der Waals surface area contributed by atoms with Crippen LogP contribution in [0.3, 0.4) is 0 Å². The van der Waals surface area contributed by atoms with Gasteiger partial charge in [-0.3, -0.25) is 10.1 Å². The van der Waals surface area contributed by atoms with Gasteiger partial charge in [0.25, 0.3) is 5.91 Å². The Hall–Kier alpha value is -2.34. The third-order valence-corrected chi connectivity index (χ3v) is 2.67. The minimum atomic E-state index is -0.790. The molecule has 0 aliphatic heterocycles. The maximum Gasteiger partial charge on any atom is 0.257 e. The molecule has 0 aliphatic carbocycles. The van der Waals surface area contributed by atoms with E-state index in [9.17, 15) is 13.6 Å². The zero-order valence-electron chi connectivity index (χ0n) is 10.2. The van der Waals surface area contributed by atoms with Gasteiger partial charge in [-0.1, -0.05) is 24.3 Å². The van der Waals surface area contributed by atoms with Crippen LogP contribution in [0.1, 0.15) is 10.4 Å². The zero-order chi connectivity index (χ0) is 14.5. The molecule has 0 saturated heterocycles.